The molecule has 3 N–H and O–H groups in total. The number of carbonyl (C=O) groups is 1. The van der Waals surface area contributed by atoms with Gasteiger partial charge >= 0.3 is 5.97 Å². The molecule has 0 bridgehead atoms. The molecule has 0 saturated heterocycles. The van der Waals surface area contributed by atoms with Gasteiger partial charge in [0.25, 0.3) is 0 Å². The quantitative estimate of drug-likeness (QED) is 0.562. The number of esters is 1. The molecule has 3 rings (SSSR count). The largest absolute Gasteiger partial charge is 0.462 e. The van der Waals surface area contributed by atoms with Gasteiger partial charge in [0, 0.05) is 12.1 Å². The Hall–Kier alpha value is -3.14. The van der Waals surface area contributed by atoms with Crippen molar-refractivity contribution in [3.05, 3.63) is 87.3 Å². The summed E-state index contributed by atoms with van der Waals surface area (Å²) in [5, 5.41) is 13.4. The number of benzene rings is 2. The summed E-state index contributed by atoms with van der Waals surface area (Å²) in [5.41, 5.74) is 10.3. The van der Waals surface area contributed by atoms with E-state index in [2.05, 4.69) is 47.8 Å². The van der Waals surface area contributed by atoms with E-state index in [1.165, 1.54) is 5.56 Å². The van der Waals surface area contributed by atoms with Crippen molar-refractivity contribution in [3.63, 3.8) is 0 Å². The molecule has 148 valence electrons. The number of anilines is 1. The highest BCUT2D eigenvalue weighted by Crippen LogP contribution is 2.32. The van der Waals surface area contributed by atoms with E-state index in [1.54, 1.807) is 6.92 Å². The van der Waals surface area contributed by atoms with Crippen LogP contribution in [0.2, 0.25) is 0 Å². The van der Waals surface area contributed by atoms with Crippen LogP contribution < -0.4 is 11.1 Å². The van der Waals surface area contributed by atoms with Gasteiger partial charge in [0.1, 0.15) is 15.9 Å². The lowest BCUT2D eigenvalue weighted by Crippen LogP contribution is -2.23. The molecule has 1 aromatic heterocycles. The van der Waals surface area contributed by atoms with Gasteiger partial charge in [-0.2, -0.15) is 5.26 Å². The third-order valence-electron chi connectivity index (χ3n) is 4.63. The first kappa shape index (κ1) is 20.6. The van der Waals surface area contributed by atoms with Crippen LogP contribution in [-0.4, -0.2) is 12.6 Å². The Morgan fingerprint density at radius 3 is 2.45 bits per heavy atom. The summed E-state index contributed by atoms with van der Waals surface area (Å²) < 4.78 is 5.15. The van der Waals surface area contributed by atoms with Gasteiger partial charge in [-0.15, -0.1) is 11.3 Å². The summed E-state index contributed by atoms with van der Waals surface area (Å²) in [6.07, 6.45) is 0. The lowest BCUT2D eigenvalue weighted by atomic mass is 9.97. The Bertz CT molecular complexity index is 1020. The van der Waals surface area contributed by atoms with E-state index in [0.29, 0.717) is 27.5 Å². The maximum Gasteiger partial charge on any atom is 0.348 e. The SMILES string of the molecule is CCOC(=O)c1sc(N)c(C#N)c1CN[C@@H](c1ccccc1)c1ccc(C)cc1. The number of nitrogens with one attached hydrogen (secondary N) is 1. The minimum atomic E-state index is -0.450. The fourth-order valence-corrected chi connectivity index (χ4v) is 4.10. The highest BCUT2D eigenvalue weighted by molar-refractivity contribution is 7.18. The van der Waals surface area contributed by atoms with Crippen LogP contribution in [0.3, 0.4) is 0 Å². The van der Waals surface area contributed by atoms with Crippen LogP contribution in [0.25, 0.3) is 0 Å². The summed E-state index contributed by atoms with van der Waals surface area (Å²) in [6.45, 7) is 4.38. The number of aryl methyl sites for hydroxylation is 1. The van der Waals surface area contributed by atoms with Gasteiger partial charge in [-0.25, -0.2) is 4.79 Å². The molecule has 0 unspecified atom stereocenters. The van der Waals surface area contributed by atoms with Crippen molar-refractivity contribution >= 4 is 22.3 Å². The van der Waals surface area contributed by atoms with Crippen LogP contribution in [0.1, 0.15) is 50.5 Å². The molecule has 0 amide bonds. The second-order valence-electron chi connectivity index (χ2n) is 6.62. The van der Waals surface area contributed by atoms with Crippen LogP contribution in [-0.2, 0) is 11.3 Å². The standard InChI is InChI=1S/C23H23N3O2S/c1-3-28-23(27)21-19(18(13-24)22(25)29-21)14-26-20(16-7-5-4-6-8-16)17-11-9-15(2)10-12-17/h4-12,20,26H,3,14,25H2,1-2H3/t20-/m0/s1. The van der Waals surface area contributed by atoms with Gasteiger partial charge in [-0.05, 0) is 25.0 Å². The minimum absolute atomic E-state index is 0.0977. The smallest absolute Gasteiger partial charge is 0.348 e. The molecule has 6 heteroatoms. The molecule has 0 fully saturated rings. The number of nitriles is 1. The highest BCUT2D eigenvalue weighted by atomic mass is 32.1. The molecule has 0 aliphatic carbocycles. The molecule has 2 aromatic carbocycles. The fraction of sp³-hybridized carbons (Fsp3) is 0.217. The maximum atomic E-state index is 12.4. The van der Waals surface area contributed by atoms with Crippen molar-refractivity contribution < 1.29 is 9.53 Å². The second kappa shape index (κ2) is 9.37. The molecule has 0 saturated carbocycles. The predicted molar refractivity (Wildman–Crippen MR) is 116 cm³/mol. The number of carbonyl (C=O) groups excluding carboxylic acids is 1. The van der Waals surface area contributed by atoms with Crippen molar-refractivity contribution in [2.75, 3.05) is 12.3 Å². The van der Waals surface area contributed by atoms with E-state index in [-0.39, 0.29) is 12.6 Å². The van der Waals surface area contributed by atoms with E-state index in [9.17, 15) is 10.1 Å². The van der Waals surface area contributed by atoms with Gasteiger partial charge in [0.05, 0.1) is 18.2 Å². The van der Waals surface area contributed by atoms with Gasteiger partial charge in [-0.1, -0.05) is 60.2 Å². The molecule has 1 atom stereocenters. The Balaban J connectivity index is 1.95. The van der Waals surface area contributed by atoms with Crippen molar-refractivity contribution in [2.45, 2.75) is 26.4 Å². The first-order valence-electron chi connectivity index (χ1n) is 9.38. The number of hydrogen-bond donors (Lipinski definition) is 2. The van der Waals surface area contributed by atoms with Crippen LogP contribution in [0.5, 0.6) is 0 Å². The number of nitrogens with two attached hydrogens (primary N) is 1. The number of thiophene rings is 1. The third-order valence-corrected chi connectivity index (χ3v) is 5.67. The Morgan fingerprint density at radius 2 is 1.83 bits per heavy atom. The van der Waals surface area contributed by atoms with Crippen LogP contribution >= 0.6 is 11.3 Å². The molecule has 0 radical (unpaired) electrons. The number of hydrogen-bond acceptors (Lipinski definition) is 6. The van der Waals surface area contributed by atoms with Crippen LogP contribution in [0.15, 0.2) is 54.6 Å². The molecule has 5 nitrogen and oxygen atoms in total. The summed E-state index contributed by atoms with van der Waals surface area (Å²) in [4.78, 5) is 12.7. The number of nitrogens with zero attached hydrogens (tertiary/aromatic N) is 1. The Morgan fingerprint density at radius 1 is 1.17 bits per heavy atom. The Labute approximate surface area is 174 Å². The average Bonchev–Trinajstić information content (AvgIpc) is 3.06. The molecule has 0 aliphatic heterocycles. The van der Waals surface area contributed by atoms with E-state index >= 15 is 0 Å². The van der Waals surface area contributed by atoms with Gasteiger partial charge in [0.2, 0.25) is 0 Å². The van der Waals surface area contributed by atoms with E-state index in [4.69, 9.17) is 10.5 Å². The van der Waals surface area contributed by atoms with Crippen LogP contribution in [0.4, 0.5) is 5.00 Å². The van der Waals surface area contributed by atoms with Crippen molar-refractivity contribution in [3.8, 4) is 6.07 Å². The second-order valence-corrected chi connectivity index (χ2v) is 7.67. The van der Waals surface area contributed by atoms with Crippen molar-refractivity contribution in [1.82, 2.24) is 5.32 Å². The third kappa shape index (κ3) is 4.65. The molecular weight excluding hydrogens is 382 g/mol. The normalized spacial score (nSPS) is 11.6. The van der Waals surface area contributed by atoms with Gasteiger partial charge in [-0.3, -0.25) is 0 Å². The van der Waals surface area contributed by atoms with E-state index in [0.717, 1.165) is 22.5 Å². The summed E-state index contributed by atoms with van der Waals surface area (Å²) in [7, 11) is 0. The van der Waals surface area contributed by atoms with E-state index < -0.39 is 5.97 Å². The molecular formula is C23H23N3O2S. The molecule has 1 heterocycles. The van der Waals surface area contributed by atoms with Crippen molar-refractivity contribution in [1.29, 1.82) is 5.26 Å². The van der Waals surface area contributed by atoms with E-state index in [1.807, 2.05) is 25.1 Å². The van der Waals surface area contributed by atoms with Crippen molar-refractivity contribution in [2.24, 2.45) is 0 Å². The number of rotatable bonds is 7. The minimum Gasteiger partial charge on any atom is -0.462 e. The fourth-order valence-electron chi connectivity index (χ4n) is 3.17. The molecule has 29 heavy (non-hydrogen) atoms. The molecule has 0 aliphatic rings. The summed E-state index contributed by atoms with van der Waals surface area (Å²) in [5.74, 6) is -0.450. The lowest BCUT2D eigenvalue weighted by Gasteiger charge is -2.20. The lowest BCUT2D eigenvalue weighted by molar-refractivity contribution is 0.0530. The topological polar surface area (TPSA) is 88.1 Å². The zero-order chi connectivity index (χ0) is 20.8. The maximum absolute atomic E-state index is 12.4. The zero-order valence-electron chi connectivity index (χ0n) is 16.4. The monoisotopic (exact) mass is 405 g/mol. The zero-order valence-corrected chi connectivity index (χ0v) is 17.3. The van der Waals surface area contributed by atoms with Gasteiger partial charge in [0.15, 0.2) is 0 Å². The average molecular weight is 406 g/mol. The first-order valence-corrected chi connectivity index (χ1v) is 10.2. The van der Waals surface area contributed by atoms with Crippen LogP contribution in [0, 0.1) is 18.3 Å². The van der Waals surface area contributed by atoms with Gasteiger partial charge < -0.3 is 15.8 Å². The number of ether oxygens (including phenoxy) is 1. The summed E-state index contributed by atoms with van der Waals surface area (Å²) in [6, 6.07) is 20.4. The number of nitrogen functional groups attached to an aromatic ring is 1. The molecule has 0 spiro atoms. The Kier molecular flexibility index (Phi) is 6.65. The highest BCUT2D eigenvalue weighted by Gasteiger charge is 2.24. The first-order chi connectivity index (χ1) is 14.0. The summed E-state index contributed by atoms with van der Waals surface area (Å²) >= 11 is 1.10. The predicted octanol–water partition coefficient (Wildman–Crippen LogP) is 4.57. The molecule has 3 aromatic rings.